The van der Waals surface area contributed by atoms with Gasteiger partial charge in [0.25, 0.3) is 5.69 Å². The first kappa shape index (κ1) is 24.3. The average Bonchev–Trinajstić information content (AvgIpc) is 2.76. The predicted molar refractivity (Wildman–Crippen MR) is 117 cm³/mol. The zero-order valence-electron chi connectivity index (χ0n) is 17.6. The normalized spacial score (nSPS) is 17.3. The molecule has 3 N–H and O–H groups in total. The predicted octanol–water partition coefficient (Wildman–Crippen LogP) is 2.37. The molecule has 9 nitrogen and oxygen atoms in total. The van der Waals surface area contributed by atoms with Gasteiger partial charge >= 0.3 is 0 Å². The number of hydrogen-bond acceptors (Lipinski definition) is 7. The molecule has 0 saturated heterocycles. The number of rotatable bonds is 12. The lowest BCUT2D eigenvalue weighted by molar-refractivity contribution is -0.387. The number of nitrogens with zero attached hydrogens (tertiary/aromatic N) is 1. The molecule has 1 aliphatic rings. The minimum atomic E-state index is -4.14. The van der Waals surface area contributed by atoms with Crippen molar-refractivity contribution in [2.75, 3.05) is 13.2 Å². The van der Waals surface area contributed by atoms with Gasteiger partial charge in [0.15, 0.2) is 4.90 Å². The molecule has 2 aromatic rings. The molecule has 174 valence electrons. The van der Waals surface area contributed by atoms with Crippen molar-refractivity contribution in [1.82, 2.24) is 4.72 Å². The topological polar surface area (TPSA) is 139 Å². The van der Waals surface area contributed by atoms with E-state index in [1.807, 2.05) is 30.3 Å². The van der Waals surface area contributed by atoms with Crippen molar-refractivity contribution in [1.29, 1.82) is 0 Å². The van der Waals surface area contributed by atoms with Crippen molar-refractivity contribution in [3.63, 3.8) is 0 Å². The Morgan fingerprint density at radius 2 is 1.78 bits per heavy atom. The van der Waals surface area contributed by atoms with Gasteiger partial charge in [0, 0.05) is 24.4 Å². The van der Waals surface area contributed by atoms with Gasteiger partial charge in [-0.25, -0.2) is 13.1 Å². The number of hydrogen-bond donors (Lipinski definition) is 3. The molecule has 0 heterocycles. The second-order valence-corrected chi connectivity index (χ2v) is 9.86. The van der Waals surface area contributed by atoms with Gasteiger partial charge < -0.3 is 14.9 Å². The highest BCUT2D eigenvalue weighted by Gasteiger charge is 2.46. The number of ether oxygens (including phenoxy) is 1. The van der Waals surface area contributed by atoms with Crippen molar-refractivity contribution in [3.05, 3.63) is 70.3 Å². The van der Waals surface area contributed by atoms with Gasteiger partial charge in [-0.1, -0.05) is 48.9 Å². The van der Waals surface area contributed by atoms with Gasteiger partial charge in [-0.15, -0.1) is 0 Å². The number of para-hydroxylation sites is 1. The van der Waals surface area contributed by atoms with Crippen LogP contribution in [0.15, 0.2) is 59.5 Å². The standard InChI is InChI=1S/C22H28N2O7S/c25-14-18(26)13-21(31-15-17-7-2-1-3-8-17)22(11-6-12-22)16-23-32(29,30)20-10-5-4-9-19(20)24(27)28/h1-5,7-10,18,21,23,25-26H,6,11-16H2/t18-,21?/m1/s1. The summed E-state index contributed by atoms with van der Waals surface area (Å²) in [6.07, 6.45) is 0.852. The molecule has 1 unspecified atom stereocenters. The number of sulfonamides is 1. The Balaban J connectivity index is 1.78. The molecule has 0 amide bonds. The Bertz CT molecular complexity index is 1010. The van der Waals surface area contributed by atoms with Gasteiger partial charge in [-0.2, -0.15) is 0 Å². The fraction of sp³-hybridized carbons (Fsp3) is 0.455. The fourth-order valence-electron chi connectivity index (χ4n) is 3.98. The maximum Gasteiger partial charge on any atom is 0.289 e. The van der Waals surface area contributed by atoms with Gasteiger partial charge in [0.2, 0.25) is 10.0 Å². The number of aliphatic hydroxyl groups is 2. The highest BCUT2D eigenvalue weighted by Crippen LogP contribution is 2.46. The van der Waals surface area contributed by atoms with E-state index in [1.54, 1.807) is 0 Å². The molecule has 3 rings (SSSR count). The zero-order valence-corrected chi connectivity index (χ0v) is 18.4. The maximum atomic E-state index is 12.9. The molecule has 1 aliphatic carbocycles. The third-order valence-electron chi connectivity index (χ3n) is 5.99. The molecule has 0 aliphatic heterocycles. The van der Waals surface area contributed by atoms with E-state index in [4.69, 9.17) is 4.74 Å². The largest absolute Gasteiger partial charge is 0.394 e. The number of nitrogens with one attached hydrogen (secondary N) is 1. The van der Waals surface area contributed by atoms with Crippen molar-refractivity contribution in [2.45, 2.75) is 49.4 Å². The third kappa shape index (κ3) is 5.70. The Morgan fingerprint density at radius 3 is 2.38 bits per heavy atom. The van der Waals surface area contributed by atoms with Gasteiger partial charge in [-0.3, -0.25) is 10.1 Å². The Labute approximate surface area is 187 Å². The molecule has 0 bridgehead atoms. The first-order valence-electron chi connectivity index (χ1n) is 10.4. The van der Waals surface area contributed by atoms with Crippen LogP contribution < -0.4 is 4.72 Å². The van der Waals surface area contributed by atoms with Crippen molar-refractivity contribution < 1.29 is 28.3 Å². The van der Waals surface area contributed by atoms with E-state index in [2.05, 4.69) is 4.72 Å². The van der Waals surface area contributed by atoms with E-state index in [0.717, 1.165) is 18.1 Å². The lowest BCUT2D eigenvalue weighted by Crippen LogP contribution is -2.52. The van der Waals surface area contributed by atoms with Crippen LogP contribution in [0.4, 0.5) is 5.69 Å². The molecule has 1 fully saturated rings. The second kappa shape index (κ2) is 10.5. The van der Waals surface area contributed by atoms with E-state index >= 15 is 0 Å². The number of nitro groups is 1. The van der Waals surface area contributed by atoms with E-state index < -0.39 is 49.8 Å². The molecule has 2 atom stereocenters. The SMILES string of the molecule is O=[N+]([O-])c1ccccc1S(=O)(=O)NCC1(C(C[C@@H](O)CO)OCc2ccccc2)CCC1. The molecular formula is C22H28N2O7S. The van der Waals surface area contributed by atoms with E-state index in [-0.39, 0.29) is 19.6 Å². The molecule has 10 heteroatoms. The summed E-state index contributed by atoms with van der Waals surface area (Å²) in [4.78, 5) is 10.1. The minimum absolute atomic E-state index is 0.0129. The summed E-state index contributed by atoms with van der Waals surface area (Å²) in [6.45, 7) is -0.134. The third-order valence-corrected chi connectivity index (χ3v) is 7.44. The highest BCUT2D eigenvalue weighted by molar-refractivity contribution is 7.89. The van der Waals surface area contributed by atoms with Crippen molar-refractivity contribution in [3.8, 4) is 0 Å². The van der Waals surface area contributed by atoms with Crippen molar-refractivity contribution in [2.24, 2.45) is 5.41 Å². The van der Waals surface area contributed by atoms with Crippen LogP contribution in [-0.2, 0) is 21.4 Å². The average molecular weight is 465 g/mol. The lowest BCUT2D eigenvalue weighted by atomic mass is 9.64. The first-order chi connectivity index (χ1) is 15.3. The number of aliphatic hydroxyl groups excluding tert-OH is 2. The van der Waals surface area contributed by atoms with E-state index in [0.29, 0.717) is 12.8 Å². The maximum absolute atomic E-state index is 12.9. The smallest absolute Gasteiger partial charge is 0.289 e. The van der Waals surface area contributed by atoms with Gasteiger partial charge in [0.1, 0.15) is 0 Å². The Kier molecular flexibility index (Phi) is 7.96. The first-order valence-corrected chi connectivity index (χ1v) is 11.9. The van der Waals surface area contributed by atoms with Crippen LogP contribution in [0.2, 0.25) is 0 Å². The van der Waals surface area contributed by atoms with E-state index in [1.165, 1.54) is 18.2 Å². The van der Waals surface area contributed by atoms with Crippen LogP contribution in [0.25, 0.3) is 0 Å². The Morgan fingerprint density at radius 1 is 1.12 bits per heavy atom. The van der Waals surface area contributed by atoms with Crippen LogP contribution in [0.1, 0.15) is 31.2 Å². The highest BCUT2D eigenvalue weighted by atomic mass is 32.2. The monoisotopic (exact) mass is 464 g/mol. The second-order valence-electron chi connectivity index (χ2n) is 8.12. The van der Waals surface area contributed by atoms with Crippen LogP contribution >= 0.6 is 0 Å². The number of nitro benzene ring substituents is 1. The summed E-state index contributed by atoms with van der Waals surface area (Å²) in [6, 6.07) is 14.7. The Hall–Kier alpha value is -2.37. The lowest BCUT2D eigenvalue weighted by Gasteiger charge is -2.48. The van der Waals surface area contributed by atoms with Crippen LogP contribution in [-0.4, -0.2) is 48.9 Å². The summed E-state index contributed by atoms with van der Waals surface area (Å²) in [5.41, 5.74) is -0.136. The quantitative estimate of drug-likeness (QED) is 0.324. The molecule has 0 spiro atoms. The fourth-order valence-corrected chi connectivity index (χ4v) is 5.29. The summed E-state index contributed by atoms with van der Waals surface area (Å²) in [7, 11) is -4.14. The molecule has 1 saturated carbocycles. The summed E-state index contributed by atoms with van der Waals surface area (Å²) in [5, 5.41) is 30.7. The number of benzene rings is 2. The zero-order chi connectivity index (χ0) is 23.2. The van der Waals surface area contributed by atoms with E-state index in [9.17, 15) is 28.7 Å². The summed E-state index contributed by atoms with van der Waals surface area (Å²) in [5.74, 6) is 0. The molecule has 32 heavy (non-hydrogen) atoms. The van der Waals surface area contributed by atoms with Crippen LogP contribution in [0.3, 0.4) is 0 Å². The molecule has 2 aromatic carbocycles. The molecule has 0 radical (unpaired) electrons. The summed E-state index contributed by atoms with van der Waals surface area (Å²) < 4.78 is 34.4. The van der Waals surface area contributed by atoms with Crippen LogP contribution in [0.5, 0.6) is 0 Å². The summed E-state index contributed by atoms with van der Waals surface area (Å²) >= 11 is 0. The molecular weight excluding hydrogens is 436 g/mol. The molecule has 0 aromatic heterocycles. The minimum Gasteiger partial charge on any atom is -0.394 e. The van der Waals surface area contributed by atoms with Crippen LogP contribution in [0, 0.1) is 15.5 Å². The van der Waals surface area contributed by atoms with Crippen molar-refractivity contribution >= 4 is 15.7 Å². The van der Waals surface area contributed by atoms with Gasteiger partial charge in [-0.05, 0) is 24.5 Å². The van der Waals surface area contributed by atoms with Gasteiger partial charge in [0.05, 0.1) is 30.3 Å².